The molecular weight excluding hydrogens is 885 g/mol. The Labute approximate surface area is 389 Å². The first-order chi connectivity index (χ1) is 31.6. The molecule has 2 saturated heterocycles. The lowest BCUT2D eigenvalue weighted by Gasteiger charge is -2.32. The van der Waals surface area contributed by atoms with Gasteiger partial charge in [0.15, 0.2) is 5.69 Å². The number of aromatic nitrogens is 6. The van der Waals surface area contributed by atoms with Gasteiger partial charge in [-0.2, -0.15) is 0 Å². The second-order valence-electron chi connectivity index (χ2n) is 17.7. The quantitative estimate of drug-likeness (QED) is 0.135. The molecule has 0 aliphatic carbocycles. The number of piperidine rings is 2. The van der Waals surface area contributed by atoms with E-state index in [-0.39, 0.29) is 64.6 Å². The summed E-state index contributed by atoms with van der Waals surface area (Å²) in [5, 5.41) is 0.795. The van der Waals surface area contributed by atoms with Gasteiger partial charge in [-0.1, -0.05) is 41.4 Å². The molecule has 3 aliphatic heterocycles. The Hall–Kier alpha value is -6.52. The van der Waals surface area contributed by atoms with Gasteiger partial charge < -0.3 is 18.8 Å². The van der Waals surface area contributed by atoms with Crippen LogP contribution in [0.5, 0.6) is 5.88 Å². The fourth-order valence-corrected chi connectivity index (χ4v) is 10.2. The molecule has 0 radical (unpaired) electrons. The topological polar surface area (TPSA) is 167 Å². The molecule has 1 unspecified atom stereocenters. The summed E-state index contributed by atoms with van der Waals surface area (Å²) in [6.07, 6.45) is 6.77. The minimum absolute atomic E-state index is 0.102. The molecule has 0 saturated carbocycles. The van der Waals surface area contributed by atoms with Gasteiger partial charge in [-0.25, -0.2) is 14.8 Å². The van der Waals surface area contributed by atoms with Gasteiger partial charge in [0.1, 0.15) is 23.6 Å². The standard InChI is InChI=1S/C48H49Cl2N9O7/c1-26(2)57-41-39(47(64)59(37-23-32(50)25-53(3)45(37)62)40(41)29-10-12-31(49)13-11-29)52-42(57)33-22-30(24-51-43(33)66-6)44(61)56-19-17-27(18-20-56)7-8-28-9-14-34-36(21-28)54(4)48(65)58(34)35-15-16-38(60)55(5)46(35)63/h9-14,21-27,35,40H,7-8,15-20H2,1-6H3/t35?,40-/m0/s1. The highest BCUT2D eigenvalue weighted by Crippen LogP contribution is 2.45. The van der Waals surface area contributed by atoms with Crippen molar-refractivity contribution in [3.05, 3.63) is 126 Å². The highest BCUT2D eigenvalue weighted by molar-refractivity contribution is 6.31. The van der Waals surface area contributed by atoms with E-state index >= 15 is 0 Å². The van der Waals surface area contributed by atoms with Crippen LogP contribution in [0.15, 0.2) is 76.6 Å². The molecule has 0 bridgehead atoms. The average molecular weight is 935 g/mol. The number of pyridine rings is 2. The van der Waals surface area contributed by atoms with Crippen molar-refractivity contribution in [2.24, 2.45) is 20.0 Å². The van der Waals surface area contributed by atoms with Crippen LogP contribution in [-0.2, 0) is 30.1 Å². The van der Waals surface area contributed by atoms with Crippen molar-refractivity contribution in [1.29, 1.82) is 0 Å². The zero-order valence-electron chi connectivity index (χ0n) is 37.5. The van der Waals surface area contributed by atoms with Gasteiger partial charge in [-0.3, -0.25) is 42.9 Å². The molecule has 9 rings (SSSR count). The lowest BCUT2D eigenvalue weighted by atomic mass is 9.90. The van der Waals surface area contributed by atoms with Crippen LogP contribution in [0.2, 0.25) is 10.0 Å². The number of hydrogen-bond acceptors (Lipinski definition) is 9. The van der Waals surface area contributed by atoms with Gasteiger partial charge in [-0.05, 0) is 99.4 Å². The minimum Gasteiger partial charge on any atom is -0.480 e. The van der Waals surface area contributed by atoms with E-state index in [0.29, 0.717) is 57.8 Å². The SMILES string of the molecule is COc1ncc(C(=O)N2CCC(CCc3ccc4c(c3)n(C)c(=O)n4C3CCC(=O)N(C)C3=O)CC2)cc1-c1nc2c(n1C(C)C)[C@H](c1ccc(Cl)cc1)N(c1cc(Cl)cn(C)c1=O)C2=O. The first-order valence-corrected chi connectivity index (χ1v) is 22.7. The molecular formula is C48H49Cl2N9O7. The number of benzene rings is 2. The lowest BCUT2D eigenvalue weighted by molar-refractivity contribution is -0.149. The molecule has 0 N–H and O–H groups in total. The number of fused-ring (bicyclic) bond motifs is 2. The Kier molecular flexibility index (Phi) is 11.8. The van der Waals surface area contributed by atoms with Crippen LogP contribution in [0.4, 0.5) is 5.69 Å². The summed E-state index contributed by atoms with van der Waals surface area (Å²) >= 11 is 12.8. The molecule has 7 heterocycles. The van der Waals surface area contributed by atoms with Crippen molar-refractivity contribution in [3.8, 4) is 17.3 Å². The minimum atomic E-state index is -0.780. The number of aryl methyl sites for hydroxylation is 3. The maximum Gasteiger partial charge on any atom is 0.329 e. The molecule has 0 spiro atoms. The van der Waals surface area contributed by atoms with E-state index in [0.717, 1.165) is 41.7 Å². The number of anilines is 1. The summed E-state index contributed by atoms with van der Waals surface area (Å²) in [4.78, 5) is 94.8. The number of halogens is 2. The monoisotopic (exact) mass is 933 g/mol. The van der Waals surface area contributed by atoms with Gasteiger partial charge in [0, 0.05) is 64.1 Å². The van der Waals surface area contributed by atoms with E-state index < -0.39 is 23.6 Å². The van der Waals surface area contributed by atoms with E-state index in [4.69, 9.17) is 32.9 Å². The number of ether oxygens (including phenoxy) is 1. The van der Waals surface area contributed by atoms with Crippen LogP contribution in [-0.4, -0.2) is 88.9 Å². The maximum atomic E-state index is 14.6. The second-order valence-corrected chi connectivity index (χ2v) is 18.5. The number of likely N-dealkylation sites (N-methyl/N-ethyl adjacent to an activating group) is 1. The van der Waals surface area contributed by atoms with Gasteiger partial charge >= 0.3 is 5.69 Å². The molecule has 342 valence electrons. The fourth-order valence-electron chi connectivity index (χ4n) is 9.83. The predicted molar refractivity (Wildman–Crippen MR) is 249 cm³/mol. The Balaban J connectivity index is 0.944. The van der Waals surface area contributed by atoms with Crippen molar-refractivity contribution < 1.29 is 23.9 Å². The Morgan fingerprint density at radius 2 is 1.62 bits per heavy atom. The number of carbonyl (C=O) groups is 4. The lowest BCUT2D eigenvalue weighted by Crippen LogP contribution is -2.45. The number of hydrogen-bond donors (Lipinski definition) is 0. The van der Waals surface area contributed by atoms with Crippen molar-refractivity contribution in [1.82, 2.24) is 38.0 Å². The molecule has 18 heteroatoms. The van der Waals surface area contributed by atoms with Crippen molar-refractivity contribution in [2.45, 2.75) is 70.5 Å². The number of imidazole rings is 2. The smallest absolute Gasteiger partial charge is 0.329 e. The number of imide groups is 1. The van der Waals surface area contributed by atoms with Crippen molar-refractivity contribution >= 4 is 63.6 Å². The molecule has 2 aromatic carbocycles. The predicted octanol–water partition coefficient (Wildman–Crippen LogP) is 6.75. The highest BCUT2D eigenvalue weighted by atomic mass is 35.5. The molecule has 16 nitrogen and oxygen atoms in total. The zero-order chi connectivity index (χ0) is 46.9. The molecule has 4 amide bonds. The summed E-state index contributed by atoms with van der Waals surface area (Å²) in [7, 11) is 6.23. The van der Waals surface area contributed by atoms with Gasteiger partial charge in [0.2, 0.25) is 11.8 Å². The summed E-state index contributed by atoms with van der Waals surface area (Å²) in [6.45, 7) is 5.05. The number of carbonyl (C=O) groups excluding carboxylic acids is 4. The third-order valence-electron chi connectivity index (χ3n) is 13.3. The van der Waals surface area contributed by atoms with Crippen molar-refractivity contribution in [3.63, 3.8) is 0 Å². The van der Waals surface area contributed by atoms with E-state index in [1.807, 2.05) is 53.6 Å². The van der Waals surface area contributed by atoms with Crippen LogP contribution in [0.25, 0.3) is 22.4 Å². The maximum absolute atomic E-state index is 14.6. The van der Waals surface area contributed by atoms with Gasteiger partial charge in [0.05, 0.1) is 40.0 Å². The van der Waals surface area contributed by atoms with E-state index in [1.54, 1.807) is 36.9 Å². The van der Waals surface area contributed by atoms with E-state index in [1.165, 1.54) is 46.7 Å². The molecule has 66 heavy (non-hydrogen) atoms. The number of amides is 4. The molecule has 2 atom stereocenters. The molecule has 6 aromatic rings. The zero-order valence-corrected chi connectivity index (χ0v) is 39.0. The number of nitrogens with zero attached hydrogens (tertiary/aromatic N) is 9. The summed E-state index contributed by atoms with van der Waals surface area (Å²) < 4.78 is 12.1. The molecule has 3 aliphatic rings. The first-order valence-electron chi connectivity index (χ1n) is 22.0. The Morgan fingerprint density at radius 1 is 0.894 bits per heavy atom. The highest BCUT2D eigenvalue weighted by Gasteiger charge is 2.46. The number of likely N-dealkylation sites (tertiary alicyclic amines) is 2. The largest absolute Gasteiger partial charge is 0.480 e. The Bertz CT molecular complexity index is 3090. The third kappa shape index (κ3) is 7.59. The van der Waals surface area contributed by atoms with Gasteiger partial charge in [0.25, 0.3) is 23.3 Å². The summed E-state index contributed by atoms with van der Waals surface area (Å²) in [5.41, 5.74) is 4.06. The first kappa shape index (κ1) is 44.7. The Morgan fingerprint density at radius 3 is 2.32 bits per heavy atom. The fraction of sp³-hybridized carbons (Fsp3) is 0.375. The number of methoxy groups -OCH3 is 1. The number of rotatable bonds is 10. The van der Waals surface area contributed by atoms with Crippen LogP contribution >= 0.6 is 23.2 Å². The van der Waals surface area contributed by atoms with Crippen molar-refractivity contribution in [2.75, 3.05) is 32.1 Å². The molecule has 2 fully saturated rings. The summed E-state index contributed by atoms with van der Waals surface area (Å²) in [5.74, 6) is -0.298. The van der Waals surface area contributed by atoms with E-state index in [9.17, 15) is 28.8 Å². The molecule has 4 aromatic heterocycles. The second kappa shape index (κ2) is 17.4. The van der Waals surface area contributed by atoms with E-state index in [2.05, 4.69) is 4.98 Å². The third-order valence-corrected chi connectivity index (χ3v) is 13.8. The van der Waals surface area contributed by atoms with Gasteiger partial charge in [-0.15, -0.1) is 0 Å². The normalized spacial score (nSPS) is 18.0. The van der Waals surface area contributed by atoms with Crippen LogP contribution < -0.4 is 20.9 Å². The van der Waals surface area contributed by atoms with Crippen LogP contribution in [0.1, 0.15) is 102 Å². The van der Waals surface area contributed by atoms with Crippen LogP contribution in [0.3, 0.4) is 0 Å². The average Bonchev–Trinajstić information content (AvgIpc) is 3.92. The summed E-state index contributed by atoms with van der Waals surface area (Å²) in [6, 6.07) is 14.4. The van der Waals surface area contributed by atoms with Crippen LogP contribution in [0, 0.1) is 5.92 Å².